The Balaban J connectivity index is 2.33. The van der Waals surface area contributed by atoms with E-state index in [0.29, 0.717) is 6.10 Å². The molecule has 1 saturated heterocycles. The van der Waals surface area contributed by atoms with Crippen molar-refractivity contribution in [2.75, 3.05) is 7.05 Å². The minimum absolute atomic E-state index is 0.0503. The highest BCUT2D eigenvalue weighted by Gasteiger charge is 2.15. The number of nitrogens with one attached hydrogen (secondary N) is 1. The highest BCUT2D eigenvalue weighted by atomic mass is 32.2. The molecule has 0 aromatic carbocycles. The summed E-state index contributed by atoms with van der Waals surface area (Å²) in [6.07, 6.45) is 2.31. The average molecular weight is 187 g/mol. The van der Waals surface area contributed by atoms with Gasteiger partial charge in [0.15, 0.2) is 0 Å². The molecule has 0 radical (unpaired) electrons. The normalized spacial score (nSPS) is 25.5. The lowest BCUT2D eigenvalue weighted by Crippen LogP contribution is -2.10. The van der Waals surface area contributed by atoms with Crippen LogP contribution >= 0.6 is 11.8 Å². The number of carbonyl (C=O) groups is 1. The molecule has 0 aromatic rings. The number of amides is 1. The predicted octanol–water partition coefficient (Wildman–Crippen LogP) is 2.10. The van der Waals surface area contributed by atoms with Gasteiger partial charge >= 0.3 is 0 Å². The summed E-state index contributed by atoms with van der Waals surface area (Å²) in [5.41, 5.74) is 0. The third kappa shape index (κ3) is 2.77. The molecule has 0 aliphatic carbocycles. The first kappa shape index (κ1) is 9.45. The zero-order valence-electron chi connectivity index (χ0n) is 7.29. The van der Waals surface area contributed by atoms with Gasteiger partial charge < -0.3 is 10.1 Å². The fourth-order valence-electron chi connectivity index (χ4n) is 0.987. The van der Waals surface area contributed by atoms with E-state index < -0.39 is 0 Å². The molecular formula is C8H13NO2S. The summed E-state index contributed by atoms with van der Waals surface area (Å²) in [6.45, 7) is 2.03. The monoisotopic (exact) mass is 187 g/mol. The highest BCUT2D eigenvalue weighted by Crippen LogP contribution is 2.24. The Hall–Kier alpha value is -0.640. The van der Waals surface area contributed by atoms with E-state index in [1.807, 2.05) is 6.92 Å². The molecule has 3 nitrogen and oxygen atoms in total. The van der Waals surface area contributed by atoms with Gasteiger partial charge in [0, 0.05) is 18.9 Å². The summed E-state index contributed by atoms with van der Waals surface area (Å²) in [5, 5.41) is 4.25. The number of ether oxygens (including phenoxy) is 1. The third-order valence-corrected chi connectivity index (χ3v) is 2.45. The minimum atomic E-state index is -0.0503. The van der Waals surface area contributed by atoms with Crippen molar-refractivity contribution in [2.24, 2.45) is 0 Å². The molecule has 1 heterocycles. The molecule has 1 aliphatic heterocycles. The van der Waals surface area contributed by atoms with Gasteiger partial charge in [-0.25, -0.2) is 0 Å². The van der Waals surface area contributed by atoms with Crippen LogP contribution in [-0.4, -0.2) is 18.4 Å². The summed E-state index contributed by atoms with van der Waals surface area (Å²) in [5.74, 6) is 0.927. The summed E-state index contributed by atoms with van der Waals surface area (Å²) in [6, 6.07) is 0. The Labute approximate surface area is 76.5 Å². The van der Waals surface area contributed by atoms with Crippen molar-refractivity contribution in [3.8, 4) is 0 Å². The van der Waals surface area contributed by atoms with Crippen LogP contribution in [0.2, 0.25) is 0 Å². The Morgan fingerprint density at radius 3 is 3.08 bits per heavy atom. The quantitative estimate of drug-likeness (QED) is 0.683. The molecule has 0 bridgehead atoms. The van der Waals surface area contributed by atoms with E-state index in [0.717, 1.165) is 30.4 Å². The van der Waals surface area contributed by atoms with Crippen molar-refractivity contribution in [2.45, 2.75) is 25.9 Å². The summed E-state index contributed by atoms with van der Waals surface area (Å²) >= 11 is 1.14. The van der Waals surface area contributed by atoms with Gasteiger partial charge in [-0.2, -0.15) is 0 Å². The second kappa shape index (κ2) is 4.40. The SMILES string of the molecule is CNC(=O)S/C=C1\CCC(C)O1. The number of thioether (sulfide) groups is 1. The van der Waals surface area contributed by atoms with Crippen LogP contribution in [-0.2, 0) is 4.74 Å². The number of hydrogen-bond donors (Lipinski definition) is 1. The van der Waals surface area contributed by atoms with Crippen molar-refractivity contribution in [3.05, 3.63) is 11.2 Å². The number of carbonyl (C=O) groups excluding carboxylic acids is 1. The highest BCUT2D eigenvalue weighted by molar-refractivity contribution is 8.16. The Morgan fingerprint density at radius 1 is 1.83 bits per heavy atom. The Morgan fingerprint density at radius 2 is 2.58 bits per heavy atom. The van der Waals surface area contributed by atoms with E-state index in [4.69, 9.17) is 4.74 Å². The molecular weight excluding hydrogens is 174 g/mol. The van der Waals surface area contributed by atoms with Crippen molar-refractivity contribution >= 4 is 17.0 Å². The van der Waals surface area contributed by atoms with Crippen LogP contribution in [0.3, 0.4) is 0 Å². The van der Waals surface area contributed by atoms with Gasteiger partial charge in [-0.3, -0.25) is 4.79 Å². The van der Waals surface area contributed by atoms with Gasteiger partial charge in [0.2, 0.25) is 0 Å². The van der Waals surface area contributed by atoms with Gasteiger partial charge in [-0.05, 0) is 25.1 Å². The number of rotatable bonds is 1. The molecule has 12 heavy (non-hydrogen) atoms. The molecule has 0 saturated carbocycles. The summed E-state index contributed by atoms with van der Waals surface area (Å²) in [4.78, 5) is 10.8. The molecule has 1 atom stereocenters. The second-order valence-corrected chi connectivity index (χ2v) is 3.55. The Kier molecular flexibility index (Phi) is 3.47. The topological polar surface area (TPSA) is 38.3 Å². The zero-order chi connectivity index (χ0) is 8.97. The molecule has 0 aromatic heterocycles. The van der Waals surface area contributed by atoms with Crippen LogP contribution in [0.25, 0.3) is 0 Å². The fraction of sp³-hybridized carbons (Fsp3) is 0.625. The van der Waals surface area contributed by atoms with Gasteiger partial charge in [0.1, 0.15) is 5.76 Å². The molecule has 0 spiro atoms. The maximum Gasteiger partial charge on any atom is 0.283 e. The first-order chi connectivity index (χ1) is 5.72. The first-order valence-electron chi connectivity index (χ1n) is 3.96. The van der Waals surface area contributed by atoms with E-state index in [9.17, 15) is 4.79 Å². The Bertz CT molecular complexity index is 203. The smallest absolute Gasteiger partial charge is 0.283 e. The molecule has 1 amide bonds. The maximum absolute atomic E-state index is 10.8. The van der Waals surface area contributed by atoms with Crippen molar-refractivity contribution in [1.82, 2.24) is 5.32 Å². The molecule has 1 rings (SSSR count). The van der Waals surface area contributed by atoms with Crippen LogP contribution in [0.15, 0.2) is 11.2 Å². The van der Waals surface area contributed by atoms with E-state index in [1.54, 1.807) is 12.5 Å². The van der Waals surface area contributed by atoms with E-state index >= 15 is 0 Å². The number of allylic oxidation sites excluding steroid dienone is 1. The van der Waals surface area contributed by atoms with Crippen LogP contribution < -0.4 is 5.32 Å². The lowest BCUT2D eigenvalue weighted by Gasteiger charge is -2.02. The van der Waals surface area contributed by atoms with Crippen LogP contribution in [0.4, 0.5) is 4.79 Å². The van der Waals surface area contributed by atoms with Gasteiger partial charge in [0.05, 0.1) is 6.10 Å². The lowest BCUT2D eigenvalue weighted by atomic mass is 10.2. The summed E-state index contributed by atoms with van der Waals surface area (Å²) < 4.78 is 5.42. The molecule has 1 aliphatic rings. The van der Waals surface area contributed by atoms with E-state index in [2.05, 4.69) is 5.32 Å². The fourth-order valence-corrected chi connectivity index (χ4v) is 1.52. The van der Waals surface area contributed by atoms with Gasteiger partial charge in [-0.1, -0.05) is 0 Å². The van der Waals surface area contributed by atoms with Crippen molar-refractivity contribution < 1.29 is 9.53 Å². The molecule has 1 fully saturated rings. The molecule has 1 N–H and O–H groups in total. The maximum atomic E-state index is 10.8. The third-order valence-electron chi connectivity index (χ3n) is 1.65. The predicted molar refractivity (Wildman–Crippen MR) is 49.9 cm³/mol. The van der Waals surface area contributed by atoms with Crippen molar-refractivity contribution in [1.29, 1.82) is 0 Å². The van der Waals surface area contributed by atoms with Gasteiger partial charge in [0.25, 0.3) is 5.24 Å². The molecule has 1 unspecified atom stereocenters. The van der Waals surface area contributed by atoms with E-state index in [1.165, 1.54) is 0 Å². The first-order valence-corrected chi connectivity index (χ1v) is 4.84. The molecule has 68 valence electrons. The lowest BCUT2D eigenvalue weighted by molar-refractivity contribution is 0.178. The number of hydrogen-bond acceptors (Lipinski definition) is 3. The standard InChI is InChI=1S/C8H13NO2S/c1-6-3-4-7(11-6)5-12-8(10)9-2/h5-6H,3-4H2,1-2H3,(H,9,10)/b7-5+. The van der Waals surface area contributed by atoms with Gasteiger partial charge in [-0.15, -0.1) is 0 Å². The molecule has 4 heteroatoms. The zero-order valence-corrected chi connectivity index (χ0v) is 8.11. The van der Waals surface area contributed by atoms with Crippen LogP contribution in [0.1, 0.15) is 19.8 Å². The summed E-state index contributed by atoms with van der Waals surface area (Å²) in [7, 11) is 1.62. The van der Waals surface area contributed by atoms with Crippen molar-refractivity contribution in [3.63, 3.8) is 0 Å². The second-order valence-electron chi connectivity index (χ2n) is 2.71. The average Bonchev–Trinajstić information content (AvgIpc) is 2.47. The van der Waals surface area contributed by atoms with E-state index in [-0.39, 0.29) is 5.24 Å². The van der Waals surface area contributed by atoms with Crippen LogP contribution in [0.5, 0.6) is 0 Å². The van der Waals surface area contributed by atoms with Crippen LogP contribution in [0, 0.1) is 0 Å². The minimum Gasteiger partial charge on any atom is -0.495 e. The largest absolute Gasteiger partial charge is 0.495 e.